The van der Waals surface area contributed by atoms with E-state index in [1.807, 2.05) is 0 Å². The zero-order valence-corrected chi connectivity index (χ0v) is 13.8. The van der Waals surface area contributed by atoms with Gasteiger partial charge >= 0.3 is 0 Å². The van der Waals surface area contributed by atoms with E-state index in [-0.39, 0.29) is 0 Å². The Bertz CT molecular complexity index is 547. The summed E-state index contributed by atoms with van der Waals surface area (Å²) in [6, 6.07) is 5.54. The predicted octanol–water partition coefficient (Wildman–Crippen LogP) is 4.53. The second-order valence-corrected chi connectivity index (χ2v) is 8.00. The van der Waals surface area contributed by atoms with Crippen LogP contribution in [0.4, 0.5) is 0 Å². The summed E-state index contributed by atoms with van der Waals surface area (Å²) in [5.74, 6) is 4.23. The van der Waals surface area contributed by atoms with Crippen LogP contribution in [-0.4, -0.2) is 6.04 Å². The van der Waals surface area contributed by atoms with Crippen LogP contribution in [0.3, 0.4) is 0 Å². The second kappa shape index (κ2) is 5.12. The average molecular weight is 283 g/mol. The van der Waals surface area contributed by atoms with Gasteiger partial charge < -0.3 is 5.32 Å². The van der Waals surface area contributed by atoms with Gasteiger partial charge in [0.15, 0.2) is 0 Å². The fourth-order valence-electron chi connectivity index (χ4n) is 5.75. The molecule has 21 heavy (non-hydrogen) atoms. The smallest absolute Gasteiger partial charge is 0.0210 e. The summed E-state index contributed by atoms with van der Waals surface area (Å²) in [6.07, 6.45) is 7.54. The summed E-state index contributed by atoms with van der Waals surface area (Å²) in [4.78, 5) is 0. The van der Waals surface area contributed by atoms with Crippen LogP contribution in [0.1, 0.15) is 54.4 Å². The summed E-state index contributed by atoms with van der Waals surface area (Å²) in [5, 5.41) is 3.93. The molecule has 3 aliphatic carbocycles. The van der Waals surface area contributed by atoms with Crippen LogP contribution in [0.5, 0.6) is 0 Å². The maximum atomic E-state index is 3.93. The van der Waals surface area contributed by atoms with Crippen LogP contribution >= 0.6 is 0 Å². The third-order valence-electron chi connectivity index (χ3n) is 6.94. The number of hydrogen-bond acceptors (Lipinski definition) is 1. The molecular weight excluding hydrogens is 254 g/mol. The van der Waals surface area contributed by atoms with Gasteiger partial charge in [-0.05, 0) is 92.4 Å². The molecular formula is C20H29N. The van der Waals surface area contributed by atoms with Gasteiger partial charge in [0.05, 0.1) is 0 Å². The van der Waals surface area contributed by atoms with Gasteiger partial charge in [-0.2, -0.15) is 0 Å². The first-order chi connectivity index (χ1) is 10.1. The van der Waals surface area contributed by atoms with Crippen LogP contribution < -0.4 is 5.32 Å². The summed E-state index contributed by atoms with van der Waals surface area (Å²) in [5.41, 5.74) is 5.81. The molecule has 4 rings (SSSR count). The Hall–Kier alpha value is -0.820. The van der Waals surface area contributed by atoms with Crippen molar-refractivity contribution in [1.29, 1.82) is 0 Å². The second-order valence-electron chi connectivity index (χ2n) is 8.00. The Morgan fingerprint density at radius 2 is 1.67 bits per heavy atom. The van der Waals surface area contributed by atoms with Crippen molar-refractivity contribution < 1.29 is 0 Å². The normalized spacial score (nSPS) is 37.2. The van der Waals surface area contributed by atoms with Crippen LogP contribution in [0, 0.1) is 44.4 Å². The number of fused-ring (bicyclic) bond motifs is 5. The Kier molecular flexibility index (Phi) is 3.37. The van der Waals surface area contributed by atoms with E-state index in [0.29, 0.717) is 0 Å². The van der Waals surface area contributed by atoms with Crippen molar-refractivity contribution in [1.82, 2.24) is 5.32 Å². The highest BCUT2D eigenvalue weighted by Gasteiger charge is 2.53. The standard InChI is InChI=1S/C20H29N/c1-12-7-14(3)16(8-13(12)2)11-21-20-10-15-9-19(20)18-6-4-5-17(15)18/h7-8,15,17-21H,4-6,9-11H2,1-3H3. The maximum Gasteiger partial charge on any atom is 0.0210 e. The van der Waals surface area contributed by atoms with Gasteiger partial charge in [0.25, 0.3) is 0 Å². The van der Waals surface area contributed by atoms with E-state index in [4.69, 9.17) is 0 Å². The van der Waals surface area contributed by atoms with Crippen molar-refractivity contribution in [3.63, 3.8) is 0 Å². The maximum absolute atomic E-state index is 3.93. The van der Waals surface area contributed by atoms with Gasteiger partial charge in [-0.15, -0.1) is 0 Å². The molecule has 114 valence electrons. The molecule has 5 atom stereocenters. The number of aryl methyl sites for hydroxylation is 3. The van der Waals surface area contributed by atoms with E-state index in [0.717, 1.165) is 36.3 Å². The molecule has 0 amide bonds. The van der Waals surface area contributed by atoms with Crippen LogP contribution in [-0.2, 0) is 6.54 Å². The number of rotatable bonds is 3. The van der Waals surface area contributed by atoms with Gasteiger partial charge in [-0.3, -0.25) is 0 Å². The van der Waals surface area contributed by atoms with Gasteiger partial charge in [-0.25, -0.2) is 0 Å². The summed E-state index contributed by atoms with van der Waals surface area (Å²) in [6.45, 7) is 7.78. The molecule has 1 heteroatoms. The molecule has 0 radical (unpaired) electrons. The zero-order chi connectivity index (χ0) is 14.6. The van der Waals surface area contributed by atoms with E-state index in [2.05, 4.69) is 38.2 Å². The van der Waals surface area contributed by atoms with E-state index in [1.54, 1.807) is 0 Å². The third kappa shape index (κ3) is 2.25. The number of benzene rings is 1. The lowest BCUT2D eigenvalue weighted by Crippen LogP contribution is -2.39. The highest BCUT2D eigenvalue weighted by molar-refractivity contribution is 5.36. The molecule has 1 aromatic carbocycles. The highest BCUT2D eigenvalue weighted by atomic mass is 14.9. The fraction of sp³-hybridized carbons (Fsp3) is 0.700. The molecule has 3 aliphatic rings. The Morgan fingerprint density at radius 1 is 0.905 bits per heavy atom. The molecule has 5 unspecified atom stereocenters. The molecule has 2 bridgehead atoms. The van der Waals surface area contributed by atoms with Gasteiger partial charge in [0.2, 0.25) is 0 Å². The SMILES string of the molecule is Cc1cc(C)c(CNC2CC3CC2C2CCCC32)cc1C. The minimum atomic E-state index is 0.801. The highest BCUT2D eigenvalue weighted by Crippen LogP contribution is 2.58. The topological polar surface area (TPSA) is 12.0 Å². The van der Waals surface area contributed by atoms with Crippen molar-refractivity contribution in [3.05, 3.63) is 34.4 Å². The molecule has 0 saturated heterocycles. The summed E-state index contributed by atoms with van der Waals surface area (Å²) >= 11 is 0. The lowest BCUT2D eigenvalue weighted by molar-refractivity contribution is 0.208. The van der Waals surface area contributed by atoms with E-state index < -0.39 is 0 Å². The zero-order valence-electron chi connectivity index (χ0n) is 13.8. The first kappa shape index (κ1) is 13.8. The quantitative estimate of drug-likeness (QED) is 0.859. The van der Waals surface area contributed by atoms with Crippen molar-refractivity contribution in [2.75, 3.05) is 0 Å². The average Bonchev–Trinajstić information content (AvgIpc) is 3.12. The van der Waals surface area contributed by atoms with Gasteiger partial charge in [0.1, 0.15) is 0 Å². The molecule has 0 aliphatic heterocycles. The minimum Gasteiger partial charge on any atom is -0.310 e. The Morgan fingerprint density at radius 3 is 2.52 bits per heavy atom. The Labute approximate surface area is 129 Å². The van der Waals surface area contributed by atoms with Crippen molar-refractivity contribution in [2.24, 2.45) is 23.7 Å². The molecule has 3 fully saturated rings. The molecule has 0 spiro atoms. The monoisotopic (exact) mass is 283 g/mol. The van der Waals surface area contributed by atoms with Crippen LogP contribution in [0.15, 0.2) is 12.1 Å². The molecule has 0 aromatic heterocycles. The van der Waals surface area contributed by atoms with Gasteiger partial charge in [0, 0.05) is 12.6 Å². The number of hydrogen-bond donors (Lipinski definition) is 1. The van der Waals surface area contributed by atoms with Crippen LogP contribution in [0.25, 0.3) is 0 Å². The Balaban J connectivity index is 1.43. The first-order valence-corrected chi connectivity index (χ1v) is 8.93. The summed E-state index contributed by atoms with van der Waals surface area (Å²) < 4.78 is 0. The van der Waals surface area contributed by atoms with Crippen molar-refractivity contribution in [3.8, 4) is 0 Å². The van der Waals surface area contributed by atoms with Crippen molar-refractivity contribution >= 4 is 0 Å². The van der Waals surface area contributed by atoms with Crippen LogP contribution in [0.2, 0.25) is 0 Å². The van der Waals surface area contributed by atoms with E-state index >= 15 is 0 Å². The summed E-state index contributed by atoms with van der Waals surface area (Å²) in [7, 11) is 0. The van der Waals surface area contributed by atoms with E-state index in [1.165, 1.54) is 54.4 Å². The molecule has 3 saturated carbocycles. The largest absolute Gasteiger partial charge is 0.310 e. The first-order valence-electron chi connectivity index (χ1n) is 8.93. The third-order valence-corrected chi connectivity index (χ3v) is 6.94. The van der Waals surface area contributed by atoms with Gasteiger partial charge in [-0.1, -0.05) is 18.6 Å². The fourth-order valence-corrected chi connectivity index (χ4v) is 5.75. The molecule has 1 N–H and O–H groups in total. The predicted molar refractivity (Wildman–Crippen MR) is 88.3 cm³/mol. The molecule has 1 aromatic rings. The molecule has 0 heterocycles. The molecule has 1 nitrogen and oxygen atoms in total. The lowest BCUT2D eigenvalue weighted by atomic mass is 9.79. The van der Waals surface area contributed by atoms with E-state index in [9.17, 15) is 0 Å². The minimum absolute atomic E-state index is 0.801. The lowest BCUT2D eigenvalue weighted by Gasteiger charge is -2.32. The van der Waals surface area contributed by atoms with Crippen molar-refractivity contribution in [2.45, 2.75) is 65.5 Å². The number of nitrogens with one attached hydrogen (secondary N) is 1.